The minimum Gasteiger partial charge on any atom is -0.492 e. The first-order chi connectivity index (χ1) is 8.34. The monoisotopic (exact) mass is 233 g/mol. The third kappa shape index (κ3) is 2.00. The highest BCUT2D eigenvalue weighted by Crippen LogP contribution is 2.28. The number of hydroxylamine groups is 2. The van der Waals surface area contributed by atoms with Crippen molar-refractivity contribution in [1.29, 1.82) is 0 Å². The van der Waals surface area contributed by atoms with Crippen LogP contribution < -0.4 is 4.74 Å². The predicted molar refractivity (Wildman–Crippen MR) is 61.4 cm³/mol. The average Bonchev–Trinajstić information content (AvgIpc) is 2.91. The Morgan fingerprint density at radius 3 is 3.06 bits per heavy atom. The molecule has 0 bridgehead atoms. The fourth-order valence-corrected chi connectivity index (χ4v) is 2.31. The lowest BCUT2D eigenvalue weighted by Gasteiger charge is -2.27. The van der Waals surface area contributed by atoms with Crippen molar-refractivity contribution in [3.05, 3.63) is 29.8 Å². The van der Waals surface area contributed by atoms with Crippen LogP contribution in [0.3, 0.4) is 0 Å². The molecule has 90 valence electrons. The van der Waals surface area contributed by atoms with Gasteiger partial charge in [-0.2, -0.15) is 0 Å². The molecule has 0 N–H and O–H groups in total. The lowest BCUT2D eigenvalue weighted by atomic mass is 9.96. The Hall–Kier alpha value is -1.55. The zero-order chi connectivity index (χ0) is 11.7. The van der Waals surface area contributed by atoms with Crippen LogP contribution in [0.2, 0.25) is 0 Å². The van der Waals surface area contributed by atoms with Gasteiger partial charge in [-0.15, -0.1) is 0 Å². The lowest BCUT2D eigenvalue weighted by molar-refractivity contribution is -0.174. The van der Waals surface area contributed by atoms with Crippen LogP contribution in [-0.2, 0) is 16.1 Å². The van der Waals surface area contributed by atoms with Gasteiger partial charge in [-0.25, -0.2) is 5.06 Å². The summed E-state index contributed by atoms with van der Waals surface area (Å²) in [5.41, 5.74) is 1.11. The maximum Gasteiger partial charge on any atom is 0.253 e. The van der Waals surface area contributed by atoms with Gasteiger partial charge in [0.1, 0.15) is 12.4 Å². The molecule has 0 spiro atoms. The summed E-state index contributed by atoms with van der Waals surface area (Å²) >= 11 is 0. The summed E-state index contributed by atoms with van der Waals surface area (Å²) in [7, 11) is 0. The summed E-state index contributed by atoms with van der Waals surface area (Å²) < 4.78 is 5.61. The quantitative estimate of drug-likeness (QED) is 0.736. The molecule has 1 fully saturated rings. The standard InChI is InChI=1S/C13H15NO3/c15-13(14-6-3-7-17-14)11-8-10-4-1-2-5-12(10)16-9-11/h1-2,4-5,11H,3,6-9H2. The van der Waals surface area contributed by atoms with Gasteiger partial charge in [-0.3, -0.25) is 9.63 Å². The molecule has 4 heteroatoms. The molecular weight excluding hydrogens is 218 g/mol. The highest BCUT2D eigenvalue weighted by atomic mass is 16.7. The van der Waals surface area contributed by atoms with E-state index >= 15 is 0 Å². The molecule has 0 aliphatic carbocycles. The Bertz CT molecular complexity index is 426. The summed E-state index contributed by atoms with van der Waals surface area (Å²) in [4.78, 5) is 17.4. The van der Waals surface area contributed by atoms with Crippen molar-refractivity contribution < 1.29 is 14.4 Å². The molecule has 0 saturated carbocycles. The molecule has 2 heterocycles. The first-order valence-electron chi connectivity index (χ1n) is 5.99. The molecule has 4 nitrogen and oxygen atoms in total. The Labute approximate surface area is 100 Å². The summed E-state index contributed by atoms with van der Waals surface area (Å²) in [5, 5.41) is 1.49. The van der Waals surface area contributed by atoms with E-state index in [1.54, 1.807) is 0 Å². The van der Waals surface area contributed by atoms with E-state index in [0.29, 0.717) is 19.8 Å². The Balaban J connectivity index is 1.73. The number of para-hydroxylation sites is 1. The Kier molecular flexibility index (Phi) is 2.73. The molecule has 1 aromatic rings. The van der Waals surface area contributed by atoms with Gasteiger partial charge in [-0.1, -0.05) is 18.2 Å². The fourth-order valence-electron chi connectivity index (χ4n) is 2.31. The summed E-state index contributed by atoms with van der Waals surface area (Å²) in [5.74, 6) is 0.846. The number of benzene rings is 1. The summed E-state index contributed by atoms with van der Waals surface area (Å²) in [6.07, 6.45) is 1.67. The number of rotatable bonds is 1. The molecule has 1 atom stereocenters. The van der Waals surface area contributed by atoms with Gasteiger partial charge in [0.05, 0.1) is 19.1 Å². The Morgan fingerprint density at radius 1 is 1.35 bits per heavy atom. The normalized spacial score (nSPS) is 23.1. The molecule has 2 aliphatic heterocycles. The topological polar surface area (TPSA) is 38.8 Å². The van der Waals surface area contributed by atoms with Crippen LogP contribution in [0.1, 0.15) is 12.0 Å². The van der Waals surface area contributed by atoms with Crippen molar-refractivity contribution >= 4 is 5.91 Å². The van der Waals surface area contributed by atoms with Crippen LogP contribution in [-0.4, -0.2) is 30.7 Å². The van der Waals surface area contributed by atoms with Gasteiger partial charge < -0.3 is 4.74 Å². The van der Waals surface area contributed by atoms with Crippen molar-refractivity contribution in [1.82, 2.24) is 5.06 Å². The second-order valence-electron chi connectivity index (χ2n) is 4.45. The van der Waals surface area contributed by atoms with E-state index in [0.717, 1.165) is 24.2 Å². The van der Waals surface area contributed by atoms with E-state index in [-0.39, 0.29) is 11.8 Å². The molecule has 1 unspecified atom stereocenters. The highest BCUT2D eigenvalue weighted by Gasteiger charge is 2.31. The van der Waals surface area contributed by atoms with Crippen LogP contribution >= 0.6 is 0 Å². The van der Waals surface area contributed by atoms with Gasteiger partial charge in [0.2, 0.25) is 0 Å². The third-order valence-corrected chi connectivity index (χ3v) is 3.23. The van der Waals surface area contributed by atoms with E-state index in [1.165, 1.54) is 5.06 Å². The van der Waals surface area contributed by atoms with Crippen molar-refractivity contribution in [2.75, 3.05) is 19.8 Å². The number of ether oxygens (including phenoxy) is 1. The maximum atomic E-state index is 12.1. The number of carbonyl (C=O) groups excluding carboxylic acids is 1. The average molecular weight is 233 g/mol. The van der Waals surface area contributed by atoms with E-state index < -0.39 is 0 Å². The molecule has 1 amide bonds. The third-order valence-electron chi connectivity index (χ3n) is 3.23. The summed E-state index contributed by atoms with van der Waals surface area (Å²) in [6.45, 7) is 1.81. The maximum absolute atomic E-state index is 12.1. The van der Waals surface area contributed by atoms with Gasteiger partial charge in [0.25, 0.3) is 5.91 Å². The van der Waals surface area contributed by atoms with Crippen molar-refractivity contribution in [2.24, 2.45) is 5.92 Å². The molecule has 1 saturated heterocycles. The molecular formula is C13H15NO3. The van der Waals surface area contributed by atoms with E-state index in [4.69, 9.17) is 9.57 Å². The van der Waals surface area contributed by atoms with Crippen LogP contribution in [0.15, 0.2) is 24.3 Å². The van der Waals surface area contributed by atoms with Gasteiger partial charge >= 0.3 is 0 Å². The van der Waals surface area contributed by atoms with Crippen LogP contribution in [0.5, 0.6) is 5.75 Å². The van der Waals surface area contributed by atoms with Crippen LogP contribution in [0.4, 0.5) is 0 Å². The van der Waals surface area contributed by atoms with Gasteiger partial charge in [-0.05, 0) is 24.5 Å². The van der Waals surface area contributed by atoms with E-state index in [1.807, 2.05) is 24.3 Å². The summed E-state index contributed by atoms with van der Waals surface area (Å²) in [6, 6.07) is 7.88. The second kappa shape index (κ2) is 4.37. The minimum absolute atomic E-state index is 0.0528. The number of hydrogen-bond acceptors (Lipinski definition) is 3. The van der Waals surface area contributed by atoms with Gasteiger partial charge in [0, 0.05) is 0 Å². The largest absolute Gasteiger partial charge is 0.492 e. The first-order valence-corrected chi connectivity index (χ1v) is 5.99. The number of hydrogen-bond donors (Lipinski definition) is 0. The molecule has 1 aromatic carbocycles. The minimum atomic E-state index is -0.108. The number of amides is 1. The number of carbonyl (C=O) groups is 1. The predicted octanol–water partition coefficient (Wildman–Crippen LogP) is 1.40. The zero-order valence-electron chi connectivity index (χ0n) is 9.59. The number of fused-ring (bicyclic) bond motifs is 1. The smallest absolute Gasteiger partial charge is 0.253 e. The fraction of sp³-hybridized carbons (Fsp3) is 0.462. The van der Waals surface area contributed by atoms with Gasteiger partial charge in [0.15, 0.2) is 0 Å². The number of nitrogens with zero attached hydrogens (tertiary/aromatic N) is 1. The van der Waals surface area contributed by atoms with Crippen molar-refractivity contribution in [3.63, 3.8) is 0 Å². The molecule has 3 rings (SSSR count). The SMILES string of the molecule is O=C(C1COc2ccccc2C1)N1CCCO1. The van der Waals surface area contributed by atoms with Crippen LogP contribution in [0.25, 0.3) is 0 Å². The van der Waals surface area contributed by atoms with Crippen molar-refractivity contribution in [2.45, 2.75) is 12.8 Å². The molecule has 2 aliphatic rings. The highest BCUT2D eigenvalue weighted by molar-refractivity contribution is 5.79. The van der Waals surface area contributed by atoms with Crippen LogP contribution in [0, 0.1) is 5.92 Å². The molecule has 17 heavy (non-hydrogen) atoms. The zero-order valence-corrected chi connectivity index (χ0v) is 9.59. The van der Waals surface area contributed by atoms with E-state index in [9.17, 15) is 4.79 Å². The van der Waals surface area contributed by atoms with E-state index in [2.05, 4.69) is 0 Å². The second-order valence-corrected chi connectivity index (χ2v) is 4.45. The molecule has 0 aromatic heterocycles. The Morgan fingerprint density at radius 2 is 2.24 bits per heavy atom. The molecule has 0 radical (unpaired) electrons. The lowest BCUT2D eigenvalue weighted by Crippen LogP contribution is -2.38. The van der Waals surface area contributed by atoms with Crippen molar-refractivity contribution in [3.8, 4) is 5.75 Å². The first kappa shape index (κ1) is 10.6.